The average Bonchev–Trinajstić information content (AvgIpc) is 1.64. The van der Waals surface area contributed by atoms with Gasteiger partial charge in [-0.15, -0.1) is 0 Å². The fourth-order valence-corrected chi connectivity index (χ4v) is 13.1. The van der Waals surface area contributed by atoms with Crippen LogP contribution in [0.4, 0.5) is 0 Å². The van der Waals surface area contributed by atoms with Crippen LogP contribution in [0, 0.1) is 0 Å². The van der Waals surface area contributed by atoms with Crippen LogP contribution in [0.25, 0.3) is 0 Å². The van der Waals surface area contributed by atoms with Crippen molar-refractivity contribution < 1.29 is 80.2 Å². The van der Waals surface area contributed by atoms with Gasteiger partial charge in [-0.3, -0.25) is 37.3 Å². The Labute approximate surface area is 592 Å². The summed E-state index contributed by atoms with van der Waals surface area (Å²) < 4.78 is 68.6. The van der Waals surface area contributed by atoms with Gasteiger partial charge in [0.2, 0.25) is 0 Å². The minimum atomic E-state index is -4.97. The second-order valence-corrected chi connectivity index (χ2v) is 30.3. The van der Waals surface area contributed by atoms with Gasteiger partial charge in [0.05, 0.1) is 26.4 Å². The van der Waals surface area contributed by atoms with Gasteiger partial charge in [-0.25, -0.2) is 9.13 Å². The molecule has 0 fully saturated rings. The number of aliphatic hydroxyl groups excluding tert-OH is 1. The third-order valence-electron chi connectivity index (χ3n) is 17.7. The van der Waals surface area contributed by atoms with Crippen molar-refractivity contribution in [3.05, 3.63) is 24.3 Å². The first-order valence-corrected chi connectivity index (χ1v) is 43.1. The zero-order valence-corrected chi connectivity index (χ0v) is 64.3. The smallest absolute Gasteiger partial charge is 0.462 e. The number of phosphoric ester groups is 2. The first kappa shape index (κ1) is 94.5. The Morgan fingerprint density at radius 3 is 0.753 bits per heavy atom. The molecule has 0 aromatic carbocycles. The molecule has 0 saturated carbocycles. The van der Waals surface area contributed by atoms with Crippen LogP contribution in [-0.2, 0) is 65.4 Å². The van der Waals surface area contributed by atoms with E-state index in [-0.39, 0.29) is 25.7 Å². The van der Waals surface area contributed by atoms with Crippen LogP contribution in [0.1, 0.15) is 394 Å². The zero-order valence-electron chi connectivity index (χ0n) is 62.5. The van der Waals surface area contributed by atoms with E-state index >= 15 is 0 Å². The van der Waals surface area contributed by atoms with Crippen molar-refractivity contribution in [2.45, 2.75) is 412 Å². The fraction of sp³-hybridized carbons (Fsp3) is 0.897. The Bertz CT molecular complexity index is 1940. The van der Waals surface area contributed by atoms with Gasteiger partial charge < -0.3 is 33.8 Å². The predicted octanol–water partition coefficient (Wildman–Crippen LogP) is 23.0. The van der Waals surface area contributed by atoms with Gasteiger partial charge in [0.1, 0.15) is 19.3 Å². The summed E-state index contributed by atoms with van der Waals surface area (Å²) in [5, 5.41) is 10.6. The van der Waals surface area contributed by atoms with Crippen LogP contribution >= 0.6 is 15.6 Å². The molecular formula is C78H148O17P2. The van der Waals surface area contributed by atoms with E-state index in [0.717, 1.165) is 109 Å². The quantitative estimate of drug-likeness (QED) is 0.0169. The normalized spacial score (nSPS) is 14.0. The van der Waals surface area contributed by atoms with Crippen molar-refractivity contribution in [1.82, 2.24) is 0 Å². The number of phosphoric acid groups is 2. The molecule has 0 aliphatic heterocycles. The van der Waals surface area contributed by atoms with Crippen LogP contribution in [0.2, 0.25) is 0 Å². The molecule has 2 unspecified atom stereocenters. The lowest BCUT2D eigenvalue weighted by atomic mass is 10.0. The largest absolute Gasteiger partial charge is 0.472 e. The average molecular weight is 1420 g/mol. The molecule has 0 aliphatic carbocycles. The maximum atomic E-state index is 13.1. The molecule has 17 nitrogen and oxygen atoms in total. The number of carbonyl (C=O) groups excluding carboxylic acids is 4. The molecule has 0 aromatic heterocycles. The van der Waals surface area contributed by atoms with E-state index in [1.807, 2.05) is 0 Å². The minimum absolute atomic E-state index is 0.102. The molecule has 97 heavy (non-hydrogen) atoms. The number of hydrogen-bond acceptors (Lipinski definition) is 15. The molecule has 0 bridgehead atoms. The van der Waals surface area contributed by atoms with E-state index in [1.54, 1.807) is 0 Å². The van der Waals surface area contributed by atoms with E-state index in [2.05, 4.69) is 52.0 Å². The number of aliphatic hydroxyl groups is 1. The second-order valence-electron chi connectivity index (χ2n) is 27.4. The van der Waals surface area contributed by atoms with E-state index < -0.39 is 97.5 Å². The fourth-order valence-electron chi connectivity index (χ4n) is 11.6. The number of ether oxygens (including phenoxy) is 4. The van der Waals surface area contributed by atoms with Crippen molar-refractivity contribution in [2.75, 3.05) is 39.6 Å². The van der Waals surface area contributed by atoms with Crippen molar-refractivity contribution >= 4 is 39.5 Å². The standard InChI is InChI=1S/C78H148O17P2/c1-5-9-13-17-21-25-29-33-35-36-37-39-41-45-49-53-57-61-65-78(83)95-74(69-89-76(81)63-59-55-51-47-44-40-38-34-30-26-22-18-14-10-6-2)71-93-97(86,87)91-67-72(79)66-90-96(84,85)92-70-73(94-77(82)64-60-56-52-48-43-32-28-24-20-16-12-8-4)68-88-75(80)62-58-54-50-46-42-31-27-23-19-15-11-7-3/h26,30,34,38,72-74,79H,5-25,27-29,31-33,35-37,39-71H2,1-4H3,(H,84,85)(H,86,87)/b30-26-,38-34-/t72-,73+,74+/m0/s1. The Balaban J connectivity index is 5.28. The second kappa shape index (κ2) is 71.9. The Kier molecular flexibility index (Phi) is 70.1. The molecule has 5 atom stereocenters. The summed E-state index contributed by atoms with van der Waals surface area (Å²) >= 11 is 0. The topological polar surface area (TPSA) is 237 Å². The summed E-state index contributed by atoms with van der Waals surface area (Å²) in [6.45, 7) is 4.94. The van der Waals surface area contributed by atoms with E-state index in [9.17, 15) is 43.2 Å². The number of allylic oxidation sites excluding steroid dienone is 4. The summed E-state index contributed by atoms with van der Waals surface area (Å²) in [6, 6.07) is 0. The number of carbonyl (C=O) groups is 4. The van der Waals surface area contributed by atoms with Gasteiger partial charge in [0.25, 0.3) is 0 Å². The SMILES string of the molecule is CCCCCC/C=C\C=C/CCCCCCCC(=O)OC[C@H](COP(=O)(O)OC[C@@H](O)COP(=O)(O)OC[C@@H](COC(=O)CCCCCCCCCCCCCC)OC(=O)CCCCCCCCCCCCCC)OC(=O)CCCCCCCCCCCCCCCCCCCC. The van der Waals surface area contributed by atoms with Crippen LogP contribution < -0.4 is 0 Å². The van der Waals surface area contributed by atoms with Crippen molar-refractivity contribution in [3.63, 3.8) is 0 Å². The molecule has 0 aliphatic rings. The van der Waals surface area contributed by atoms with Crippen LogP contribution in [0.5, 0.6) is 0 Å². The highest BCUT2D eigenvalue weighted by Gasteiger charge is 2.30. The number of unbranched alkanes of at least 4 members (excludes halogenated alkanes) is 48. The predicted molar refractivity (Wildman–Crippen MR) is 395 cm³/mol. The van der Waals surface area contributed by atoms with E-state index in [1.165, 1.54) is 205 Å². The van der Waals surface area contributed by atoms with Crippen molar-refractivity contribution in [2.24, 2.45) is 0 Å². The van der Waals surface area contributed by atoms with Crippen LogP contribution in [0.15, 0.2) is 24.3 Å². The lowest BCUT2D eigenvalue weighted by molar-refractivity contribution is -0.161. The summed E-state index contributed by atoms with van der Waals surface area (Å²) in [5.41, 5.74) is 0. The first-order valence-electron chi connectivity index (χ1n) is 40.1. The summed E-state index contributed by atoms with van der Waals surface area (Å²) in [5.74, 6) is -2.14. The van der Waals surface area contributed by atoms with Gasteiger partial charge >= 0.3 is 39.5 Å². The Morgan fingerprint density at radius 1 is 0.289 bits per heavy atom. The number of hydrogen-bond donors (Lipinski definition) is 3. The van der Waals surface area contributed by atoms with Gasteiger partial charge in [-0.2, -0.15) is 0 Å². The lowest BCUT2D eigenvalue weighted by Gasteiger charge is -2.21. The molecule has 0 spiro atoms. The molecule has 0 radical (unpaired) electrons. The third-order valence-corrected chi connectivity index (χ3v) is 19.6. The minimum Gasteiger partial charge on any atom is -0.462 e. The maximum Gasteiger partial charge on any atom is 0.472 e. The molecule has 572 valence electrons. The highest BCUT2D eigenvalue weighted by Crippen LogP contribution is 2.45. The van der Waals surface area contributed by atoms with E-state index in [0.29, 0.717) is 25.7 Å². The van der Waals surface area contributed by atoms with E-state index in [4.69, 9.17) is 37.0 Å². The summed E-state index contributed by atoms with van der Waals surface area (Å²) in [6.07, 6.45) is 65.8. The monoisotopic (exact) mass is 1420 g/mol. The first-order chi connectivity index (χ1) is 47.2. The highest BCUT2D eigenvalue weighted by molar-refractivity contribution is 7.47. The lowest BCUT2D eigenvalue weighted by Crippen LogP contribution is -2.30. The van der Waals surface area contributed by atoms with Gasteiger partial charge in [-0.05, 0) is 51.4 Å². The van der Waals surface area contributed by atoms with Crippen LogP contribution in [-0.4, -0.2) is 96.7 Å². The Hall–Kier alpha value is -2.46. The Morgan fingerprint density at radius 2 is 0.495 bits per heavy atom. The molecule has 0 aromatic rings. The van der Waals surface area contributed by atoms with Crippen molar-refractivity contribution in [3.8, 4) is 0 Å². The van der Waals surface area contributed by atoms with Crippen LogP contribution in [0.3, 0.4) is 0 Å². The highest BCUT2D eigenvalue weighted by atomic mass is 31.2. The zero-order chi connectivity index (χ0) is 71.1. The van der Waals surface area contributed by atoms with Gasteiger partial charge in [-0.1, -0.05) is 341 Å². The van der Waals surface area contributed by atoms with Crippen molar-refractivity contribution in [1.29, 1.82) is 0 Å². The summed E-state index contributed by atoms with van der Waals surface area (Å²) in [7, 11) is -9.92. The molecule has 0 heterocycles. The maximum absolute atomic E-state index is 13.1. The molecule has 0 saturated heterocycles. The number of rotatable bonds is 77. The van der Waals surface area contributed by atoms with Gasteiger partial charge in [0.15, 0.2) is 12.2 Å². The molecule has 19 heteroatoms. The van der Waals surface area contributed by atoms with Gasteiger partial charge in [0, 0.05) is 25.7 Å². The molecule has 0 amide bonds. The summed E-state index contributed by atoms with van der Waals surface area (Å²) in [4.78, 5) is 72.9. The third kappa shape index (κ3) is 71.7. The molecule has 0 rings (SSSR count). The molecular weight excluding hydrogens is 1270 g/mol. The number of esters is 4. The molecule has 3 N–H and O–H groups in total.